The van der Waals surface area contributed by atoms with Crippen LogP contribution in [0.2, 0.25) is 0 Å². The van der Waals surface area contributed by atoms with Gasteiger partial charge in [0.2, 0.25) is 0 Å². The van der Waals surface area contributed by atoms with Gasteiger partial charge in [-0.15, -0.1) is 4.36 Å². The summed E-state index contributed by atoms with van der Waals surface area (Å²) in [6.07, 6.45) is 0. The summed E-state index contributed by atoms with van der Waals surface area (Å²) in [5, 5.41) is 8.29. The second-order valence-corrected chi connectivity index (χ2v) is 3.54. The van der Waals surface area contributed by atoms with Crippen LogP contribution in [0, 0.1) is 0 Å². The van der Waals surface area contributed by atoms with Crippen LogP contribution in [0.15, 0.2) is 39.0 Å². The van der Waals surface area contributed by atoms with Gasteiger partial charge in [-0.25, -0.2) is 0 Å². The number of nitrogens with zero attached hydrogens (tertiary/aromatic N) is 4. The molecule has 1 heterocycles. The van der Waals surface area contributed by atoms with Crippen LogP contribution in [-0.2, 0) is 15.3 Å². The molecule has 1 aliphatic heterocycles. The number of hydrogen-bond donors (Lipinski definition) is 0. The molecule has 0 saturated carbocycles. The number of benzene rings is 1. The van der Waals surface area contributed by atoms with Crippen LogP contribution in [0.3, 0.4) is 0 Å². The molecule has 0 N–H and O–H groups in total. The molecule has 82 valence electrons. The molecule has 7 nitrogen and oxygen atoms in total. The quantitative estimate of drug-likeness (QED) is 0.772. The highest BCUT2D eigenvalue weighted by Crippen LogP contribution is 2.23. The van der Waals surface area contributed by atoms with E-state index in [-0.39, 0.29) is 18.1 Å². The van der Waals surface area contributed by atoms with Crippen molar-refractivity contribution in [3.8, 4) is 0 Å². The minimum absolute atomic E-state index is 0.00879. The second kappa shape index (κ2) is 4.19. The lowest BCUT2D eigenvalue weighted by atomic mass is 10.3. The fraction of sp³-hybridized carbons (Fsp3) is 0.125. The summed E-state index contributed by atoms with van der Waals surface area (Å²) in [5.74, 6) is -0.264. The van der Waals surface area contributed by atoms with Crippen molar-refractivity contribution in [3.63, 3.8) is 0 Å². The summed E-state index contributed by atoms with van der Waals surface area (Å²) >= 11 is 0. The molecule has 1 amide bonds. The smallest absolute Gasteiger partial charge is 0.270 e. The predicted octanol–water partition coefficient (Wildman–Crippen LogP) is 1.09. The van der Waals surface area contributed by atoms with E-state index < -0.39 is 10.5 Å². The topological polar surface area (TPSA) is 91.5 Å². The van der Waals surface area contributed by atoms with Gasteiger partial charge in [0.15, 0.2) is 0 Å². The van der Waals surface area contributed by atoms with E-state index in [4.69, 9.17) is 0 Å². The molecule has 8 heteroatoms. The minimum atomic E-state index is -2.52. The third kappa shape index (κ3) is 2.11. The molecule has 1 aromatic rings. The Hall–Kier alpha value is -2.09. The van der Waals surface area contributed by atoms with E-state index in [0.717, 1.165) is 5.01 Å². The molecule has 0 bridgehead atoms. The van der Waals surface area contributed by atoms with Crippen LogP contribution < -0.4 is 5.01 Å². The van der Waals surface area contributed by atoms with Crippen LogP contribution in [0.4, 0.5) is 11.4 Å². The van der Waals surface area contributed by atoms with Gasteiger partial charge in [-0.1, -0.05) is 11.3 Å². The fourth-order valence-electron chi connectivity index (χ4n) is 1.24. The lowest BCUT2D eigenvalue weighted by molar-refractivity contribution is -0.116. The van der Waals surface area contributed by atoms with Gasteiger partial charge in [0, 0.05) is 0 Å². The molecule has 0 fully saturated rings. The summed E-state index contributed by atoms with van der Waals surface area (Å²) in [6.45, 7) is 0.00879. The first-order valence-corrected chi connectivity index (χ1v) is 5.31. The lowest BCUT2D eigenvalue weighted by Gasteiger charge is -2.09. The number of hydrogen-bond acceptors (Lipinski definition) is 6. The Morgan fingerprint density at radius 2 is 2.19 bits per heavy atom. The number of carbonyl (C=O) groups is 1. The first kappa shape index (κ1) is 10.4. The van der Waals surface area contributed by atoms with E-state index in [0.29, 0.717) is 5.69 Å². The maximum Gasteiger partial charge on any atom is 0.316 e. The first-order valence-electron chi connectivity index (χ1n) is 4.28. The van der Waals surface area contributed by atoms with E-state index in [1.165, 1.54) is 12.1 Å². The lowest BCUT2D eigenvalue weighted by Crippen LogP contribution is -2.21. The Bertz CT molecular complexity index is 585. The Labute approximate surface area is 92.1 Å². The molecular formula is C8H6N4O3S. The standard InChI is InChI=1S/C8H6N4O3S/c13-8-5-9-11-12(8)7-3-1-2-6(4-7)10-16(14)15/h1-4H,5H2. The highest BCUT2D eigenvalue weighted by atomic mass is 32.2. The normalized spacial score (nSPS) is 14.2. The van der Waals surface area contributed by atoms with Crippen molar-refractivity contribution in [2.45, 2.75) is 0 Å². The number of amides is 1. The molecule has 0 unspecified atom stereocenters. The summed E-state index contributed by atoms with van der Waals surface area (Å²) < 4.78 is 24.1. The first-order chi connectivity index (χ1) is 7.66. The summed E-state index contributed by atoms with van der Waals surface area (Å²) in [5.41, 5.74) is 0.679. The molecule has 0 atom stereocenters. The zero-order valence-electron chi connectivity index (χ0n) is 7.94. The van der Waals surface area contributed by atoms with Crippen molar-refractivity contribution in [3.05, 3.63) is 24.3 Å². The van der Waals surface area contributed by atoms with Gasteiger partial charge in [0.1, 0.15) is 6.54 Å². The molecule has 0 radical (unpaired) electrons. The largest absolute Gasteiger partial charge is 0.316 e. The van der Waals surface area contributed by atoms with Gasteiger partial charge in [0.25, 0.3) is 5.91 Å². The fourth-order valence-corrected chi connectivity index (χ4v) is 1.52. The minimum Gasteiger partial charge on any atom is -0.270 e. The molecule has 0 aromatic heterocycles. The van der Waals surface area contributed by atoms with E-state index in [2.05, 4.69) is 14.7 Å². The van der Waals surface area contributed by atoms with Crippen molar-refractivity contribution in [1.29, 1.82) is 0 Å². The van der Waals surface area contributed by atoms with E-state index in [1.807, 2.05) is 0 Å². The van der Waals surface area contributed by atoms with Crippen LogP contribution in [-0.4, -0.2) is 20.9 Å². The van der Waals surface area contributed by atoms with Gasteiger partial charge < -0.3 is 0 Å². The Balaban J connectivity index is 2.39. The van der Waals surface area contributed by atoms with Gasteiger partial charge in [-0.2, -0.15) is 18.5 Å². The van der Waals surface area contributed by atoms with E-state index in [9.17, 15) is 13.2 Å². The summed E-state index contributed by atoms with van der Waals surface area (Å²) in [4.78, 5) is 11.3. The van der Waals surface area contributed by atoms with E-state index >= 15 is 0 Å². The maximum absolute atomic E-state index is 11.3. The van der Waals surface area contributed by atoms with Crippen molar-refractivity contribution in [1.82, 2.24) is 0 Å². The molecule has 2 rings (SSSR count). The molecule has 1 aliphatic rings. The average molecular weight is 238 g/mol. The predicted molar refractivity (Wildman–Crippen MR) is 54.7 cm³/mol. The molecule has 0 aliphatic carbocycles. The Kier molecular flexibility index (Phi) is 2.73. The third-order valence-corrected chi connectivity index (χ3v) is 2.21. The zero-order chi connectivity index (χ0) is 11.5. The van der Waals surface area contributed by atoms with Crippen molar-refractivity contribution < 1.29 is 13.2 Å². The van der Waals surface area contributed by atoms with Crippen LogP contribution in [0.5, 0.6) is 0 Å². The monoisotopic (exact) mass is 238 g/mol. The Morgan fingerprint density at radius 1 is 1.38 bits per heavy atom. The summed E-state index contributed by atoms with van der Waals surface area (Å²) in [6, 6.07) is 6.16. The molecule has 1 aromatic carbocycles. The average Bonchev–Trinajstić information content (AvgIpc) is 2.64. The second-order valence-electron chi connectivity index (χ2n) is 2.92. The van der Waals surface area contributed by atoms with Crippen molar-refractivity contribution in [2.24, 2.45) is 14.7 Å². The Morgan fingerprint density at radius 3 is 2.81 bits per heavy atom. The van der Waals surface area contributed by atoms with E-state index in [1.54, 1.807) is 12.1 Å². The van der Waals surface area contributed by atoms with Gasteiger partial charge in [-0.3, -0.25) is 4.79 Å². The highest BCUT2D eigenvalue weighted by Gasteiger charge is 2.20. The number of carbonyl (C=O) groups excluding carboxylic acids is 1. The summed E-state index contributed by atoms with van der Waals surface area (Å²) in [7, 11) is -2.52. The number of anilines is 1. The molecular weight excluding hydrogens is 232 g/mol. The third-order valence-electron chi connectivity index (χ3n) is 1.85. The molecule has 16 heavy (non-hydrogen) atoms. The zero-order valence-corrected chi connectivity index (χ0v) is 8.75. The van der Waals surface area contributed by atoms with Crippen molar-refractivity contribution in [2.75, 3.05) is 11.6 Å². The maximum atomic E-state index is 11.3. The van der Waals surface area contributed by atoms with Crippen LogP contribution >= 0.6 is 0 Å². The van der Waals surface area contributed by atoms with Gasteiger partial charge in [-0.05, 0) is 18.2 Å². The highest BCUT2D eigenvalue weighted by molar-refractivity contribution is 7.61. The van der Waals surface area contributed by atoms with Gasteiger partial charge >= 0.3 is 10.5 Å². The SMILES string of the molecule is O=C1CN=NN1c1cccc(N=S(=O)=O)c1. The van der Waals surface area contributed by atoms with Gasteiger partial charge in [0.05, 0.1) is 11.4 Å². The molecule has 0 spiro atoms. The van der Waals surface area contributed by atoms with Crippen LogP contribution in [0.25, 0.3) is 0 Å². The molecule has 0 saturated heterocycles. The van der Waals surface area contributed by atoms with Crippen LogP contribution in [0.1, 0.15) is 0 Å². The number of rotatable bonds is 2. The van der Waals surface area contributed by atoms with Crippen molar-refractivity contribution >= 4 is 27.8 Å².